The minimum atomic E-state index is -0.449. The number of benzene rings is 3. The molecule has 3 aromatic rings. The maximum Gasteiger partial charge on any atom is 0.269 e. The maximum absolute atomic E-state index is 11.1. The maximum atomic E-state index is 11.1. The third-order valence-electron chi connectivity index (χ3n) is 5.51. The van der Waals surface area contributed by atoms with Crippen LogP contribution in [0, 0.1) is 20.2 Å². The van der Waals surface area contributed by atoms with Crippen LogP contribution in [0.3, 0.4) is 0 Å². The van der Waals surface area contributed by atoms with Crippen molar-refractivity contribution in [3.63, 3.8) is 0 Å². The summed E-state index contributed by atoms with van der Waals surface area (Å²) in [5.74, 6) is 0.712. The van der Waals surface area contributed by atoms with Crippen LogP contribution in [0.1, 0.15) is 23.6 Å². The van der Waals surface area contributed by atoms with E-state index >= 15 is 0 Å². The largest absolute Gasteiger partial charge is 0.497 e. The number of nitro benzene ring substituents is 2. The Kier molecular flexibility index (Phi) is 5.86. The van der Waals surface area contributed by atoms with E-state index in [0.29, 0.717) is 17.7 Å². The van der Waals surface area contributed by atoms with E-state index in [0.717, 1.165) is 22.5 Å². The number of rotatable bonds is 7. The number of ether oxygens (including phenoxy) is 1. The highest BCUT2D eigenvalue weighted by molar-refractivity contribution is 6.24. The number of nitro groups is 2. The van der Waals surface area contributed by atoms with Gasteiger partial charge in [-0.05, 0) is 53.1 Å². The predicted octanol–water partition coefficient (Wildman–Crippen LogP) is 5.53. The standard InChI is InChI=1S/C24H20N4O5/c1-16(17-3-7-20(8-4-17)27(29)30)23-15-24(18-5-9-21(10-6-18)28(31)32)26(25-23)19-11-13-22(33-2)14-12-19/h3-14,24H,1,15H2,2H3. The zero-order chi connectivity index (χ0) is 23.5. The van der Waals surface area contributed by atoms with Crippen LogP contribution in [-0.4, -0.2) is 22.7 Å². The molecule has 0 spiro atoms. The van der Waals surface area contributed by atoms with Crippen LogP contribution in [0.5, 0.6) is 5.75 Å². The van der Waals surface area contributed by atoms with Crippen LogP contribution in [-0.2, 0) is 0 Å². The van der Waals surface area contributed by atoms with Gasteiger partial charge in [0, 0.05) is 30.7 Å². The Balaban J connectivity index is 1.68. The SMILES string of the molecule is C=C(C1=NN(c2ccc(OC)cc2)C(c2ccc([N+](=O)[O-])cc2)C1)c1ccc([N+](=O)[O-])cc1. The molecule has 0 saturated heterocycles. The summed E-state index contributed by atoms with van der Waals surface area (Å²) in [5, 5.41) is 28.7. The number of hydrogen-bond acceptors (Lipinski definition) is 7. The predicted molar refractivity (Wildman–Crippen MR) is 125 cm³/mol. The molecule has 1 unspecified atom stereocenters. The molecule has 9 heteroatoms. The minimum absolute atomic E-state index is 0.00327. The lowest BCUT2D eigenvalue weighted by Gasteiger charge is -2.24. The normalized spacial score (nSPS) is 15.1. The molecule has 9 nitrogen and oxygen atoms in total. The molecule has 0 aromatic heterocycles. The molecule has 33 heavy (non-hydrogen) atoms. The zero-order valence-corrected chi connectivity index (χ0v) is 17.7. The van der Waals surface area contributed by atoms with Crippen molar-refractivity contribution in [1.29, 1.82) is 0 Å². The van der Waals surface area contributed by atoms with Crippen LogP contribution in [0.4, 0.5) is 17.1 Å². The number of non-ortho nitro benzene ring substituents is 2. The first-order valence-corrected chi connectivity index (χ1v) is 10.1. The van der Waals surface area contributed by atoms with Gasteiger partial charge in [-0.15, -0.1) is 0 Å². The summed E-state index contributed by atoms with van der Waals surface area (Å²) in [6.07, 6.45) is 0.514. The Morgan fingerprint density at radius 2 is 1.48 bits per heavy atom. The number of allylic oxidation sites excluding steroid dienone is 1. The van der Waals surface area contributed by atoms with Crippen molar-refractivity contribution in [2.75, 3.05) is 12.1 Å². The molecule has 0 amide bonds. The van der Waals surface area contributed by atoms with E-state index in [9.17, 15) is 20.2 Å². The van der Waals surface area contributed by atoms with Crippen LogP contribution in [0.2, 0.25) is 0 Å². The van der Waals surface area contributed by atoms with E-state index in [2.05, 4.69) is 6.58 Å². The topological polar surface area (TPSA) is 111 Å². The summed E-state index contributed by atoms with van der Waals surface area (Å²) >= 11 is 0. The molecule has 3 aromatic carbocycles. The Hall–Kier alpha value is -4.53. The van der Waals surface area contributed by atoms with Crippen LogP contribution in [0.15, 0.2) is 84.5 Å². The first-order valence-electron chi connectivity index (χ1n) is 10.1. The molecule has 0 N–H and O–H groups in total. The average Bonchev–Trinajstić information content (AvgIpc) is 3.29. The lowest BCUT2D eigenvalue weighted by molar-refractivity contribution is -0.385. The first kappa shape index (κ1) is 21.7. The molecule has 0 radical (unpaired) electrons. The number of hydrazone groups is 1. The van der Waals surface area contributed by atoms with E-state index in [1.807, 2.05) is 29.3 Å². The minimum Gasteiger partial charge on any atom is -0.497 e. The molecule has 0 fully saturated rings. The number of anilines is 1. The molecule has 166 valence electrons. The Morgan fingerprint density at radius 1 is 0.939 bits per heavy atom. The van der Waals surface area contributed by atoms with Crippen LogP contribution < -0.4 is 9.75 Å². The van der Waals surface area contributed by atoms with E-state index in [1.165, 1.54) is 24.3 Å². The fourth-order valence-electron chi connectivity index (χ4n) is 3.69. The van der Waals surface area contributed by atoms with Crippen molar-refractivity contribution in [3.05, 3.63) is 111 Å². The fraction of sp³-hybridized carbons (Fsp3) is 0.125. The second-order valence-corrected chi connectivity index (χ2v) is 7.44. The Morgan fingerprint density at radius 3 is 2.00 bits per heavy atom. The molecule has 1 aliphatic heterocycles. The van der Waals surface area contributed by atoms with Gasteiger partial charge in [0.25, 0.3) is 11.4 Å². The summed E-state index contributed by atoms with van der Waals surface area (Å²) in [6, 6.07) is 19.8. The van der Waals surface area contributed by atoms with Crippen molar-refractivity contribution < 1.29 is 14.6 Å². The molecule has 1 aliphatic rings. The van der Waals surface area contributed by atoms with Gasteiger partial charge in [0.15, 0.2) is 0 Å². The second-order valence-electron chi connectivity index (χ2n) is 7.44. The molecule has 1 atom stereocenters. The molecule has 4 rings (SSSR count). The van der Waals surface area contributed by atoms with Gasteiger partial charge < -0.3 is 4.74 Å². The smallest absolute Gasteiger partial charge is 0.269 e. The summed E-state index contributed by atoms with van der Waals surface area (Å²) < 4.78 is 5.24. The van der Waals surface area contributed by atoms with Gasteiger partial charge in [0.05, 0.1) is 34.4 Å². The van der Waals surface area contributed by atoms with Gasteiger partial charge in [-0.3, -0.25) is 25.2 Å². The molecule has 1 heterocycles. The van der Waals surface area contributed by atoms with Crippen molar-refractivity contribution in [2.24, 2.45) is 5.10 Å². The number of methoxy groups -OCH3 is 1. The molecule has 0 bridgehead atoms. The second kappa shape index (κ2) is 8.91. The third kappa shape index (κ3) is 4.42. The van der Waals surface area contributed by atoms with Gasteiger partial charge in [-0.2, -0.15) is 5.10 Å². The number of nitrogens with zero attached hydrogens (tertiary/aromatic N) is 4. The lowest BCUT2D eigenvalue weighted by Crippen LogP contribution is -2.18. The molecule has 0 saturated carbocycles. The zero-order valence-electron chi connectivity index (χ0n) is 17.7. The van der Waals surface area contributed by atoms with Gasteiger partial charge in [-0.1, -0.05) is 18.7 Å². The van der Waals surface area contributed by atoms with Crippen molar-refractivity contribution >= 4 is 28.3 Å². The van der Waals surface area contributed by atoms with Gasteiger partial charge in [-0.25, -0.2) is 0 Å². The van der Waals surface area contributed by atoms with Crippen molar-refractivity contribution in [2.45, 2.75) is 12.5 Å². The third-order valence-corrected chi connectivity index (χ3v) is 5.51. The summed E-state index contributed by atoms with van der Waals surface area (Å²) in [4.78, 5) is 21.1. The molecular weight excluding hydrogens is 424 g/mol. The van der Waals surface area contributed by atoms with Gasteiger partial charge >= 0.3 is 0 Å². The van der Waals surface area contributed by atoms with Gasteiger partial charge in [0.1, 0.15) is 5.75 Å². The Labute approximate surface area is 189 Å². The molecular formula is C24H20N4O5. The van der Waals surface area contributed by atoms with E-state index in [4.69, 9.17) is 9.84 Å². The summed E-state index contributed by atoms with van der Waals surface area (Å²) in [5.41, 5.74) is 3.83. The average molecular weight is 444 g/mol. The Bertz CT molecular complexity index is 1240. The molecule has 0 aliphatic carbocycles. The van der Waals surface area contributed by atoms with E-state index < -0.39 is 9.85 Å². The lowest BCUT2D eigenvalue weighted by atomic mass is 9.95. The van der Waals surface area contributed by atoms with Crippen LogP contribution in [0.25, 0.3) is 5.57 Å². The van der Waals surface area contributed by atoms with Gasteiger partial charge in [0.2, 0.25) is 0 Å². The van der Waals surface area contributed by atoms with Crippen molar-refractivity contribution in [3.8, 4) is 5.75 Å². The summed E-state index contributed by atoms with van der Waals surface area (Å²) in [7, 11) is 1.59. The van der Waals surface area contributed by atoms with E-state index in [-0.39, 0.29) is 17.4 Å². The van der Waals surface area contributed by atoms with Crippen molar-refractivity contribution in [1.82, 2.24) is 0 Å². The highest BCUT2D eigenvalue weighted by Gasteiger charge is 2.31. The monoisotopic (exact) mass is 444 g/mol. The fourth-order valence-corrected chi connectivity index (χ4v) is 3.69. The highest BCUT2D eigenvalue weighted by atomic mass is 16.6. The highest BCUT2D eigenvalue weighted by Crippen LogP contribution is 2.39. The first-order chi connectivity index (χ1) is 15.9. The quantitative estimate of drug-likeness (QED) is 0.350. The number of hydrogen-bond donors (Lipinski definition) is 0. The van der Waals surface area contributed by atoms with Crippen LogP contribution >= 0.6 is 0 Å². The van der Waals surface area contributed by atoms with E-state index in [1.54, 1.807) is 31.4 Å². The summed E-state index contributed by atoms with van der Waals surface area (Å²) in [6.45, 7) is 4.17.